The number of benzene rings is 2. The summed E-state index contributed by atoms with van der Waals surface area (Å²) < 4.78 is 22.1. The second-order valence-corrected chi connectivity index (χ2v) is 6.96. The molecular formula is C22H20O6. The Kier molecular flexibility index (Phi) is 4.34. The van der Waals surface area contributed by atoms with E-state index in [-0.39, 0.29) is 24.1 Å². The summed E-state index contributed by atoms with van der Waals surface area (Å²) in [6.07, 6.45) is 0.140. The Bertz CT molecular complexity index is 1030. The predicted molar refractivity (Wildman–Crippen MR) is 101 cm³/mol. The number of hydrogen-bond acceptors (Lipinski definition) is 6. The van der Waals surface area contributed by atoms with E-state index in [4.69, 9.17) is 18.9 Å². The van der Waals surface area contributed by atoms with E-state index >= 15 is 0 Å². The van der Waals surface area contributed by atoms with Gasteiger partial charge in [0, 0.05) is 11.5 Å². The van der Waals surface area contributed by atoms with E-state index in [1.807, 2.05) is 26.0 Å². The maximum Gasteiger partial charge on any atom is 0.312 e. The van der Waals surface area contributed by atoms with Crippen molar-refractivity contribution in [1.29, 1.82) is 0 Å². The number of allylic oxidation sites excluding steroid dienone is 2. The van der Waals surface area contributed by atoms with Gasteiger partial charge >= 0.3 is 5.97 Å². The molecule has 0 fully saturated rings. The first-order valence-electron chi connectivity index (χ1n) is 8.94. The Hall–Kier alpha value is -3.28. The molecule has 0 radical (unpaired) electrons. The molecule has 28 heavy (non-hydrogen) atoms. The average molecular weight is 380 g/mol. The smallest absolute Gasteiger partial charge is 0.312 e. The monoisotopic (exact) mass is 380 g/mol. The van der Waals surface area contributed by atoms with Crippen molar-refractivity contribution in [2.75, 3.05) is 14.2 Å². The average Bonchev–Trinajstić information content (AvgIpc) is 3.03. The maximum atomic E-state index is 12.7. The number of esters is 1. The number of rotatable bonds is 3. The zero-order valence-corrected chi connectivity index (χ0v) is 16.1. The van der Waals surface area contributed by atoms with E-state index in [1.54, 1.807) is 32.4 Å². The number of hydrogen-bond donors (Lipinski definition) is 0. The van der Waals surface area contributed by atoms with Gasteiger partial charge in [0.05, 0.1) is 26.2 Å². The standard InChI is InChI=1S/C22H20O6/c1-11(2)21-20(24)13-6-8-16-19(22(13)28-21)14(10-18(23)27-16)12-5-7-15(25-3)17(9-12)26-4/h5-9,14H,10H2,1-4H3/t14-/m0/s1. The molecule has 2 heterocycles. The second kappa shape index (κ2) is 6.71. The first-order chi connectivity index (χ1) is 13.4. The van der Waals surface area contributed by atoms with Crippen LogP contribution in [0.2, 0.25) is 0 Å². The normalized spacial score (nSPS) is 17.4. The van der Waals surface area contributed by atoms with Gasteiger partial charge in [0.1, 0.15) is 11.5 Å². The summed E-state index contributed by atoms with van der Waals surface area (Å²) in [5, 5.41) is 0. The third-order valence-electron chi connectivity index (χ3n) is 5.02. The van der Waals surface area contributed by atoms with E-state index in [0.29, 0.717) is 39.9 Å². The maximum absolute atomic E-state index is 12.7. The van der Waals surface area contributed by atoms with Crippen LogP contribution in [-0.4, -0.2) is 26.0 Å². The van der Waals surface area contributed by atoms with Crippen LogP contribution in [0.15, 0.2) is 41.7 Å². The molecule has 0 saturated carbocycles. The van der Waals surface area contributed by atoms with Crippen LogP contribution in [0.25, 0.3) is 0 Å². The molecule has 0 bridgehead atoms. The van der Waals surface area contributed by atoms with Gasteiger partial charge in [0.15, 0.2) is 17.3 Å². The summed E-state index contributed by atoms with van der Waals surface area (Å²) in [6, 6.07) is 8.83. The van der Waals surface area contributed by atoms with E-state index in [2.05, 4.69) is 0 Å². The molecular weight excluding hydrogens is 360 g/mol. The van der Waals surface area contributed by atoms with Crippen LogP contribution in [0.1, 0.15) is 47.7 Å². The summed E-state index contributed by atoms with van der Waals surface area (Å²) in [5.74, 6) is 1.56. The van der Waals surface area contributed by atoms with E-state index in [9.17, 15) is 9.59 Å². The molecule has 0 unspecified atom stereocenters. The molecule has 4 rings (SSSR count). The zero-order valence-electron chi connectivity index (χ0n) is 16.1. The fourth-order valence-electron chi connectivity index (χ4n) is 3.68. The van der Waals surface area contributed by atoms with Crippen molar-refractivity contribution >= 4 is 11.8 Å². The second-order valence-electron chi connectivity index (χ2n) is 6.96. The van der Waals surface area contributed by atoms with E-state index < -0.39 is 0 Å². The lowest BCUT2D eigenvalue weighted by molar-refractivity contribution is -0.135. The van der Waals surface area contributed by atoms with Crippen LogP contribution in [0, 0.1) is 0 Å². The molecule has 144 valence electrons. The Morgan fingerprint density at radius 3 is 2.43 bits per heavy atom. The molecule has 0 N–H and O–H groups in total. The number of carbonyl (C=O) groups excluding carboxylic acids is 2. The van der Waals surface area contributed by atoms with Crippen molar-refractivity contribution in [3.8, 4) is 23.0 Å². The fourth-order valence-corrected chi connectivity index (χ4v) is 3.68. The lowest BCUT2D eigenvalue weighted by Crippen LogP contribution is -2.21. The van der Waals surface area contributed by atoms with Gasteiger partial charge in [0.25, 0.3) is 0 Å². The number of carbonyl (C=O) groups is 2. The molecule has 2 aromatic carbocycles. The first-order valence-corrected chi connectivity index (χ1v) is 8.94. The largest absolute Gasteiger partial charge is 0.493 e. The molecule has 0 amide bonds. The lowest BCUT2D eigenvalue weighted by atomic mass is 9.84. The Morgan fingerprint density at radius 2 is 1.75 bits per heavy atom. The molecule has 6 nitrogen and oxygen atoms in total. The Balaban J connectivity index is 1.90. The predicted octanol–water partition coefficient (Wildman–Crippen LogP) is 4.01. The van der Waals surface area contributed by atoms with Crippen LogP contribution < -0.4 is 18.9 Å². The van der Waals surface area contributed by atoms with Crippen molar-refractivity contribution < 1.29 is 28.5 Å². The van der Waals surface area contributed by atoms with Gasteiger partial charge in [0.2, 0.25) is 5.78 Å². The summed E-state index contributed by atoms with van der Waals surface area (Å²) in [6.45, 7) is 3.66. The fraction of sp³-hybridized carbons (Fsp3) is 0.273. The van der Waals surface area contributed by atoms with Crippen molar-refractivity contribution in [3.63, 3.8) is 0 Å². The quantitative estimate of drug-likeness (QED) is 0.455. The minimum absolute atomic E-state index is 0.140. The molecule has 0 aromatic heterocycles. The zero-order chi connectivity index (χ0) is 20.0. The van der Waals surface area contributed by atoms with Gasteiger partial charge in [-0.3, -0.25) is 9.59 Å². The van der Waals surface area contributed by atoms with Crippen molar-refractivity contribution in [2.24, 2.45) is 0 Å². The van der Waals surface area contributed by atoms with Crippen LogP contribution >= 0.6 is 0 Å². The molecule has 2 aromatic rings. The first kappa shape index (κ1) is 18.1. The van der Waals surface area contributed by atoms with E-state index in [0.717, 1.165) is 11.1 Å². The van der Waals surface area contributed by atoms with Gasteiger partial charge in [-0.1, -0.05) is 6.07 Å². The van der Waals surface area contributed by atoms with Gasteiger partial charge in [-0.2, -0.15) is 0 Å². The molecule has 0 aliphatic carbocycles. The summed E-state index contributed by atoms with van der Waals surface area (Å²) >= 11 is 0. The van der Waals surface area contributed by atoms with E-state index in [1.165, 1.54) is 0 Å². The van der Waals surface area contributed by atoms with Gasteiger partial charge in [-0.15, -0.1) is 0 Å². The van der Waals surface area contributed by atoms with Crippen LogP contribution in [0.3, 0.4) is 0 Å². The highest BCUT2D eigenvalue weighted by atomic mass is 16.5. The minimum Gasteiger partial charge on any atom is -0.493 e. The van der Waals surface area contributed by atoms with Gasteiger partial charge < -0.3 is 18.9 Å². The minimum atomic E-state index is -0.334. The van der Waals surface area contributed by atoms with Crippen LogP contribution in [0.5, 0.6) is 23.0 Å². The highest BCUT2D eigenvalue weighted by Crippen LogP contribution is 2.49. The van der Waals surface area contributed by atoms with Crippen LogP contribution in [0.4, 0.5) is 0 Å². The molecule has 2 aliphatic heterocycles. The number of methoxy groups -OCH3 is 2. The number of ether oxygens (including phenoxy) is 4. The highest BCUT2D eigenvalue weighted by Gasteiger charge is 2.39. The Labute approximate surface area is 162 Å². The number of Topliss-reactive ketones (excluding diaryl/α,β-unsaturated/α-hetero) is 1. The summed E-state index contributed by atoms with van der Waals surface area (Å²) in [7, 11) is 3.13. The van der Waals surface area contributed by atoms with Gasteiger partial charge in [-0.25, -0.2) is 0 Å². The number of fused-ring (bicyclic) bond motifs is 3. The topological polar surface area (TPSA) is 71.1 Å². The third kappa shape index (κ3) is 2.72. The van der Waals surface area contributed by atoms with Crippen LogP contribution in [-0.2, 0) is 4.79 Å². The highest BCUT2D eigenvalue weighted by molar-refractivity contribution is 6.13. The summed E-state index contributed by atoms with van der Waals surface area (Å²) in [5.41, 5.74) is 2.84. The summed E-state index contributed by atoms with van der Waals surface area (Å²) in [4.78, 5) is 24.9. The molecule has 0 spiro atoms. The molecule has 6 heteroatoms. The molecule has 2 aliphatic rings. The molecule has 1 atom stereocenters. The lowest BCUT2D eigenvalue weighted by Gasteiger charge is -2.26. The SMILES string of the molecule is COc1ccc([C@@H]2CC(=O)Oc3ccc4c(c32)OC(=C(C)C)C4=O)cc1OC. The third-order valence-corrected chi connectivity index (χ3v) is 5.02. The van der Waals surface area contributed by atoms with Gasteiger partial charge in [-0.05, 0) is 49.2 Å². The van der Waals surface area contributed by atoms with Crippen molar-refractivity contribution in [2.45, 2.75) is 26.2 Å². The van der Waals surface area contributed by atoms with Crippen molar-refractivity contribution in [3.05, 3.63) is 58.4 Å². The molecule has 0 saturated heterocycles. The Morgan fingerprint density at radius 1 is 1.00 bits per heavy atom. The van der Waals surface area contributed by atoms with Crippen molar-refractivity contribution in [1.82, 2.24) is 0 Å². The number of ketones is 1.